The van der Waals surface area contributed by atoms with Gasteiger partial charge in [-0.05, 0) is 12.5 Å². The molecule has 80 valence electrons. The molecule has 0 atom stereocenters. The van der Waals surface area contributed by atoms with Crippen molar-refractivity contribution in [2.24, 2.45) is 4.99 Å². The van der Waals surface area contributed by atoms with E-state index in [2.05, 4.69) is 10.1 Å². The molecule has 0 bridgehead atoms. The van der Waals surface area contributed by atoms with Gasteiger partial charge in [0.15, 0.2) is 0 Å². The van der Waals surface area contributed by atoms with E-state index in [1.807, 2.05) is 31.2 Å². The molecule has 0 unspecified atom stereocenters. The zero-order valence-corrected chi connectivity index (χ0v) is 8.80. The number of aliphatic imine (C=N–C) groups is 1. The molecule has 0 saturated heterocycles. The number of rotatable bonds is 3. The molecule has 16 heavy (non-hydrogen) atoms. The Morgan fingerprint density at radius 2 is 2.12 bits per heavy atom. The lowest BCUT2D eigenvalue weighted by molar-refractivity contribution is 0.422. The van der Waals surface area contributed by atoms with Crippen LogP contribution in [-0.4, -0.2) is 11.2 Å². The summed E-state index contributed by atoms with van der Waals surface area (Å²) in [5.74, 6) is 0.192. The number of carbonyl (C=O) groups excluding carboxylic acids is 1. The maximum atomic E-state index is 10.00. The summed E-state index contributed by atoms with van der Waals surface area (Å²) < 4.78 is 4.82. The summed E-state index contributed by atoms with van der Waals surface area (Å²) in [5.41, 5.74) is 3.11. The van der Waals surface area contributed by atoms with Crippen LogP contribution in [0, 0.1) is 6.92 Å². The van der Waals surface area contributed by atoms with Crippen LogP contribution in [0.1, 0.15) is 16.8 Å². The number of hydrogen-bond donors (Lipinski definition) is 0. The van der Waals surface area contributed by atoms with Gasteiger partial charge in [-0.25, -0.2) is 4.79 Å². The van der Waals surface area contributed by atoms with Gasteiger partial charge < -0.3 is 4.52 Å². The molecular formula is C12H10N2O2. The molecule has 4 nitrogen and oxygen atoms in total. The summed E-state index contributed by atoms with van der Waals surface area (Å²) in [7, 11) is 0. The minimum absolute atomic E-state index is 0.192. The average molecular weight is 214 g/mol. The Labute approximate surface area is 92.6 Å². The van der Waals surface area contributed by atoms with Crippen LogP contribution in [0.3, 0.4) is 0 Å². The van der Waals surface area contributed by atoms with Gasteiger partial charge in [-0.1, -0.05) is 35.0 Å². The molecule has 4 heteroatoms. The highest BCUT2D eigenvalue weighted by atomic mass is 16.5. The van der Waals surface area contributed by atoms with Crippen molar-refractivity contribution in [2.45, 2.75) is 13.3 Å². The van der Waals surface area contributed by atoms with Gasteiger partial charge in [0.25, 0.3) is 5.88 Å². The van der Waals surface area contributed by atoms with E-state index in [1.165, 1.54) is 11.6 Å². The standard InChI is InChI=1S/C12H10N2O2/c1-9-2-4-10(5-3-9)6-11-7-12(13-8-15)16-14-11/h2-5,7H,6H2,1H3. The fourth-order valence-electron chi connectivity index (χ4n) is 1.40. The maximum Gasteiger partial charge on any atom is 0.261 e. The summed E-state index contributed by atoms with van der Waals surface area (Å²) in [5, 5.41) is 3.80. The highest BCUT2D eigenvalue weighted by Crippen LogP contribution is 2.15. The van der Waals surface area contributed by atoms with Gasteiger partial charge in [0.2, 0.25) is 6.08 Å². The summed E-state index contributed by atoms with van der Waals surface area (Å²) in [6, 6.07) is 9.78. The molecule has 2 aromatic rings. The second kappa shape index (κ2) is 4.55. The SMILES string of the molecule is Cc1ccc(Cc2cc(N=C=O)on2)cc1. The first kappa shape index (κ1) is 10.3. The predicted octanol–water partition coefficient (Wildman–Crippen LogP) is 2.54. The van der Waals surface area contributed by atoms with Gasteiger partial charge in [0.1, 0.15) is 0 Å². The van der Waals surface area contributed by atoms with Gasteiger partial charge >= 0.3 is 0 Å². The molecule has 0 radical (unpaired) electrons. The fraction of sp³-hybridized carbons (Fsp3) is 0.167. The van der Waals surface area contributed by atoms with Gasteiger partial charge in [-0.2, -0.15) is 0 Å². The zero-order chi connectivity index (χ0) is 11.4. The molecule has 0 fully saturated rings. The van der Waals surface area contributed by atoms with E-state index >= 15 is 0 Å². The van der Waals surface area contributed by atoms with Crippen molar-refractivity contribution >= 4 is 12.0 Å². The van der Waals surface area contributed by atoms with Crippen LogP contribution in [0.5, 0.6) is 0 Å². The highest BCUT2D eigenvalue weighted by molar-refractivity contribution is 5.43. The second-order valence-electron chi connectivity index (χ2n) is 3.52. The largest absolute Gasteiger partial charge is 0.335 e. The molecule has 0 N–H and O–H groups in total. The Morgan fingerprint density at radius 1 is 1.38 bits per heavy atom. The molecule has 0 spiro atoms. The van der Waals surface area contributed by atoms with Gasteiger partial charge in [-0.3, -0.25) is 0 Å². The number of nitrogens with zero attached hydrogens (tertiary/aromatic N) is 2. The van der Waals surface area contributed by atoms with E-state index in [-0.39, 0.29) is 5.88 Å². The maximum absolute atomic E-state index is 10.00. The Bertz CT molecular complexity index is 522. The first-order valence-electron chi connectivity index (χ1n) is 4.87. The zero-order valence-electron chi connectivity index (χ0n) is 8.80. The summed E-state index contributed by atoms with van der Waals surface area (Å²) in [6.45, 7) is 2.04. The average Bonchev–Trinajstić information content (AvgIpc) is 2.70. The number of hydrogen-bond acceptors (Lipinski definition) is 4. The first-order chi connectivity index (χ1) is 7.78. The first-order valence-corrected chi connectivity index (χ1v) is 4.87. The molecule has 1 aromatic carbocycles. The third kappa shape index (κ3) is 2.43. The topological polar surface area (TPSA) is 55.5 Å². The number of aryl methyl sites for hydroxylation is 1. The monoisotopic (exact) mass is 214 g/mol. The predicted molar refractivity (Wildman–Crippen MR) is 58.3 cm³/mol. The van der Waals surface area contributed by atoms with Crippen molar-refractivity contribution in [1.29, 1.82) is 0 Å². The van der Waals surface area contributed by atoms with Crippen molar-refractivity contribution in [3.63, 3.8) is 0 Å². The van der Waals surface area contributed by atoms with Crippen molar-refractivity contribution in [3.8, 4) is 0 Å². The molecule has 0 aliphatic rings. The normalized spacial score (nSPS) is 9.81. The highest BCUT2D eigenvalue weighted by Gasteiger charge is 2.03. The molecule has 2 rings (SSSR count). The molecule has 0 aliphatic heterocycles. The second-order valence-corrected chi connectivity index (χ2v) is 3.52. The number of isocyanates is 1. The van der Waals surface area contributed by atoms with Gasteiger partial charge in [0, 0.05) is 12.5 Å². The van der Waals surface area contributed by atoms with E-state index in [0.29, 0.717) is 6.42 Å². The van der Waals surface area contributed by atoms with Crippen LogP contribution in [-0.2, 0) is 11.2 Å². The Hall–Kier alpha value is -2.19. The molecular weight excluding hydrogens is 204 g/mol. The summed E-state index contributed by atoms with van der Waals surface area (Å²) in [4.78, 5) is 13.3. The van der Waals surface area contributed by atoms with E-state index < -0.39 is 0 Å². The van der Waals surface area contributed by atoms with E-state index in [9.17, 15) is 4.79 Å². The smallest absolute Gasteiger partial charge is 0.261 e. The molecule has 0 saturated carbocycles. The minimum atomic E-state index is 0.192. The Morgan fingerprint density at radius 3 is 2.81 bits per heavy atom. The molecule has 1 heterocycles. The van der Waals surface area contributed by atoms with Crippen molar-refractivity contribution < 1.29 is 9.32 Å². The van der Waals surface area contributed by atoms with E-state index in [0.717, 1.165) is 11.3 Å². The van der Waals surface area contributed by atoms with E-state index in [4.69, 9.17) is 4.52 Å². The van der Waals surface area contributed by atoms with Crippen molar-refractivity contribution in [2.75, 3.05) is 0 Å². The van der Waals surface area contributed by atoms with Crippen molar-refractivity contribution in [1.82, 2.24) is 5.16 Å². The van der Waals surface area contributed by atoms with Crippen LogP contribution in [0.4, 0.5) is 5.88 Å². The lowest BCUT2D eigenvalue weighted by Gasteiger charge is -1.97. The van der Waals surface area contributed by atoms with E-state index in [1.54, 1.807) is 6.07 Å². The molecule has 0 aliphatic carbocycles. The lowest BCUT2D eigenvalue weighted by Crippen LogP contribution is -1.87. The third-order valence-corrected chi connectivity index (χ3v) is 2.21. The lowest BCUT2D eigenvalue weighted by atomic mass is 10.1. The Kier molecular flexibility index (Phi) is 2.94. The molecule has 1 aromatic heterocycles. The van der Waals surface area contributed by atoms with Gasteiger partial charge in [-0.15, -0.1) is 4.99 Å². The third-order valence-electron chi connectivity index (χ3n) is 2.21. The summed E-state index contributed by atoms with van der Waals surface area (Å²) in [6.07, 6.45) is 2.07. The minimum Gasteiger partial charge on any atom is -0.335 e. The van der Waals surface area contributed by atoms with Crippen LogP contribution in [0.15, 0.2) is 39.8 Å². The molecule has 0 amide bonds. The fourth-order valence-corrected chi connectivity index (χ4v) is 1.40. The van der Waals surface area contributed by atoms with Crippen LogP contribution in [0.2, 0.25) is 0 Å². The van der Waals surface area contributed by atoms with Crippen LogP contribution < -0.4 is 0 Å². The van der Waals surface area contributed by atoms with Crippen LogP contribution >= 0.6 is 0 Å². The summed E-state index contributed by atoms with van der Waals surface area (Å²) >= 11 is 0. The van der Waals surface area contributed by atoms with Gasteiger partial charge in [0.05, 0.1) is 5.69 Å². The number of benzene rings is 1. The van der Waals surface area contributed by atoms with Crippen LogP contribution in [0.25, 0.3) is 0 Å². The number of aromatic nitrogens is 1. The van der Waals surface area contributed by atoms with Crippen molar-refractivity contribution in [3.05, 3.63) is 47.2 Å². The Balaban J connectivity index is 2.14. The quantitative estimate of drug-likeness (QED) is 0.582.